The predicted molar refractivity (Wildman–Crippen MR) is 107 cm³/mol. The Morgan fingerprint density at radius 2 is 0.969 bits per heavy atom. The van der Waals surface area contributed by atoms with Crippen LogP contribution in [0.4, 0.5) is 0 Å². The fourth-order valence-corrected chi connectivity index (χ4v) is 2.70. The third kappa shape index (κ3) is 8.10. The minimum atomic E-state index is -1.48. The summed E-state index contributed by atoms with van der Waals surface area (Å²) in [5.74, 6) is -3.20. The summed E-state index contributed by atoms with van der Waals surface area (Å²) in [6.45, 7) is 7.44. The highest BCUT2D eigenvalue weighted by atomic mass is 16.7. The van der Waals surface area contributed by atoms with Crippen LogP contribution in [-0.2, 0) is 52.4 Å². The van der Waals surface area contributed by atoms with E-state index in [1.54, 1.807) is 34.6 Å². The van der Waals surface area contributed by atoms with E-state index in [1.165, 1.54) is 0 Å². The van der Waals surface area contributed by atoms with Gasteiger partial charge in [-0.3, -0.25) is 24.0 Å². The summed E-state index contributed by atoms with van der Waals surface area (Å²) in [5.41, 5.74) is 0. The molecule has 0 unspecified atom stereocenters. The summed E-state index contributed by atoms with van der Waals surface area (Å²) in [6, 6.07) is 0. The van der Waals surface area contributed by atoms with Crippen molar-refractivity contribution in [1.29, 1.82) is 0 Å². The van der Waals surface area contributed by atoms with Gasteiger partial charge in [-0.05, 0) is 0 Å². The first-order valence-corrected chi connectivity index (χ1v) is 10.8. The zero-order valence-corrected chi connectivity index (χ0v) is 19.1. The van der Waals surface area contributed by atoms with Gasteiger partial charge in [0.25, 0.3) is 0 Å². The third-order valence-corrected chi connectivity index (χ3v) is 4.49. The molecular formula is C21H32O11. The molecule has 5 atom stereocenters. The molecule has 0 radical (unpaired) electrons. The second-order valence-corrected chi connectivity index (χ2v) is 6.85. The quantitative estimate of drug-likeness (QED) is 0.328. The summed E-state index contributed by atoms with van der Waals surface area (Å²) in [4.78, 5) is 60.0. The Morgan fingerprint density at radius 1 is 0.562 bits per heavy atom. The summed E-state index contributed by atoms with van der Waals surface area (Å²) < 4.78 is 32.4. The van der Waals surface area contributed by atoms with Crippen LogP contribution in [0.2, 0.25) is 0 Å². The monoisotopic (exact) mass is 460 g/mol. The number of hydrogen-bond acceptors (Lipinski definition) is 11. The minimum absolute atomic E-state index is 0.0000749. The molecule has 32 heavy (non-hydrogen) atoms. The van der Waals surface area contributed by atoms with Crippen molar-refractivity contribution in [3.63, 3.8) is 0 Å². The first-order chi connectivity index (χ1) is 15.2. The van der Waals surface area contributed by atoms with Crippen LogP contribution in [0.5, 0.6) is 0 Å². The van der Waals surface area contributed by atoms with Gasteiger partial charge in [-0.15, -0.1) is 0 Å². The van der Waals surface area contributed by atoms with Crippen LogP contribution in [-0.4, -0.2) is 67.2 Å². The smallest absolute Gasteiger partial charge is 0.307 e. The van der Waals surface area contributed by atoms with Crippen LogP contribution in [0.15, 0.2) is 0 Å². The van der Waals surface area contributed by atoms with Crippen molar-refractivity contribution < 1.29 is 52.4 Å². The van der Waals surface area contributed by atoms with E-state index in [0.717, 1.165) is 0 Å². The number of carbonyl (C=O) groups excluding carboxylic acids is 5. The molecule has 1 aliphatic heterocycles. The Morgan fingerprint density at radius 3 is 1.44 bits per heavy atom. The van der Waals surface area contributed by atoms with Gasteiger partial charge >= 0.3 is 29.8 Å². The summed E-state index contributed by atoms with van der Waals surface area (Å²) in [6.07, 6.45) is -6.62. The molecule has 1 rings (SSSR count). The maximum Gasteiger partial charge on any atom is 0.307 e. The summed E-state index contributed by atoms with van der Waals surface area (Å²) in [5, 5.41) is 0. The SMILES string of the molecule is CCC(=O)OC[C@H]1O[C@@H](OC(=O)CC)[C@H](OC(=O)CC)[C@@H](OC(=O)CC)[C@@H]1OC(=O)CC. The van der Waals surface area contributed by atoms with Crippen LogP contribution in [0, 0.1) is 0 Å². The van der Waals surface area contributed by atoms with Gasteiger partial charge in [0, 0.05) is 32.1 Å². The first kappa shape index (κ1) is 27.3. The van der Waals surface area contributed by atoms with E-state index in [0.29, 0.717) is 0 Å². The largest absolute Gasteiger partial charge is 0.463 e. The lowest BCUT2D eigenvalue weighted by Gasteiger charge is -2.43. The van der Waals surface area contributed by atoms with E-state index in [2.05, 4.69) is 0 Å². The standard InChI is InChI=1S/C21H32O11/c1-6-13(22)27-11-12-18(29-14(23)7-2)19(30-15(24)8-3)20(31-16(25)9-4)21(28-12)32-17(26)10-5/h12,18-21H,6-11H2,1-5H3/t12-,18-,19+,20-,21+/m1/s1. The Labute approximate surface area is 187 Å². The molecule has 0 aromatic heterocycles. The van der Waals surface area contributed by atoms with Crippen LogP contribution >= 0.6 is 0 Å². The Balaban J connectivity index is 3.40. The molecule has 1 aliphatic rings. The van der Waals surface area contributed by atoms with E-state index in [9.17, 15) is 24.0 Å². The zero-order chi connectivity index (χ0) is 24.3. The van der Waals surface area contributed by atoms with Crippen molar-refractivity contribution in [3.8, 4) is 0 Å². The molecule has 0 saturated carbocycles. The fraction of sp³-hybridized carbons (Fsp3) is 0.762. The molecule has 182 valence electrons. The van der Waals surface area contributed by atoms with Gasteiger partial charge in [-0.1, -0.05) is 34.6 Å². The van der Waals surface area contributed by atoms with E-state index < -0.39 is 60.6 Å². The lowest BCUT2D eigenvalue weighted by atomic mass is 9.98. The Bertz CT molecular complexity index is 675. The molecule has 0 amide bonds. The van der Waals surface area contributed by atoms with Gasteiger partial charge in [0.1, 0.15) is 12.7 Å². The lowest BCUT2D eigenvalue weighted by Crippen LogP contribution is -2.63. The highest BCUT2D eigenvalue weighted by Gasteiger charge is 2.54. The molecule has 0 aromatic rings. The number of esters is 5. The van der Waals surface area contributed by atoms with Gasteiger partial charge in [-0.2, -0.15) is 0 Å². The van der Waals surface area contributed by atoms with Gasteiger partial charge in [0.15, 0.2) is 12.2 Å². The highest BCUT2D eigenvalue weighted by Crippen LogP contribution is 2.30. The highest BCUT2D eigenvalue weighted by molar-refractivity contribution is 5.72. The average molecular weight is 460 g/mol. The molecule has 11 heteroatoms. The maximum absolute atomic E-state index is 12.1. The second-order valence-electron chi connectivity index (χ2n) is 6.85. The Hall–Kier alpha value is -2.69. The molecule has 1 saturated heterocycles. The molecule has 1 heterocycles. The van der Waals surface area contributed by atoms with E-state index in [4.69, 9.17) is 28.4 Å². The predicted octanol–water partition coefficient (Wildman–Crippen LogP) is 1.58. The minimum Gasteiger partial charge on any atom is -0.463 e. The van der Waals surface area contributed by atoms with E-state index in [-0.39, 0.29) is 38.7 Å². The molecule has 0 aromatic carbocycles. The number of carbonyl (C=O) groups is 5. The van der Waals surface area contributed by atoms with Crippen molar-refractivity contribution in [3.05, 3.63) is 0 Å². The third-order valence-electron chi connectivity index (χ3n) is 4.49. The van der Waals surface area contributed by atoms with Gasteiger partial charge < -0.3 is 28.4 Å². The van der Waals surface area contributed by atoms with Crippen molar-refractivity contribution >= 4 is 29.8 Å². The van der Waals surface area contributed by atoms with Gasteiger partial charge in [0.2, 0.25) is 12.4 Å². The number of rotatable bonds is 11. The van der Waals surface area contributed by atoms with Crippen molar-refractivity contribution in [1.82, 2.24) is 0 Å². The molecule has 11 nitrogen and oxygen atoms in total. The second kappa shape index (κ2) is 13.7. The van der Waals surface area contributed by atoms with Crippen molar-refractivity contribution in [2.75, 3.05) is 6.61 Å². The summed E-state index contributed by atoms with van der Waals surface area (Å²) >= 11 is 0. The molecule has 0 spiro atoms. The van der Waals surface area contributed by atoms with Gasteiger partial charge in [0.05, 0.1) is 0 Å². The van der Waals surface area contributed by atoms with E-state index in [1.807, 2.05) is 0 Å². The first-order valence-electron chi connectivity index (χ1n) is 10.8. The number of ether oxygens (including phenoxy) is 6. The van der Waals surface area contributed by atoms with Crippen LogP contribution in [0.25, 0.3) is 0 Å². The average Bonchev–Trinajstić information content (AvgIpc) is 2.80. The zero-order valence-electron chi connectivity index (χ0n) is 19.1. The van der Waals surface area contributed by atoms with E-state index >= 15 is 0 Å². The fourth-order valence-electron chi connectivity index (χ4n) is 2.70. The number of hydrogen-bond donors (Lipinski definition) is 0. The normalized spacial score (nSPS) is 24.7. The molecule has 0 bridgehead atoms. The molecule has 0 N–H and O–H groups in total. The maximum atomic E-state index is 12.1. The molecule has 0 aliphatic carbocycles. The summed E-state index contributed by atoms with van der Waals surface area (Å²) in [7, 11) is 0. The molecule has 1 fully saturated rings. The van der Waals surface area contributed by atoms with Crippen LogP contribution in [0.1, 0.15) is 66.7 Å². The van der Waals surface area contributed by atoms with Crippen molar-refractivity contribution in [2.24, 2.45) is 0 Å². The Kier molecular flexibility index (Phi) is 11.7. The molecular weight excluding hydrogens is 428 g/mol. The topological polar surface area (TPSA) is 141 Å². The van der Waals surface area contributed by atoms with Gasteiger partial charge in [-0.25, -0.2) is 0 Å². The van der Waals surface area contributed by atoms with Crippen LogP contribution in [0.3, 0.4) is 0 Å². The van der Waals surface area contributed by atoms with Crippen LogP contribution < -0.4 is 0 Å². The lowest BCUT2D eigenvalue weighted by molar-refractivity contribution is -0.301. The van der Waals surface area contributed by atoms with Crippen molar-refractivity contribution in [2.45, 2.75) is 97.4 Å².